The molecular weight excluding hydrogens is 256 g/mol. The Kier molecular flexibility index (Phi) is 4.43. The van der Waals surface area contributed by atoms with Gasteiger partial charge in [-0.3, -0.25) is 0 Å². The van der Waals surface area contributed by atoms with E-state index in [-0.39, 0.29) is 5.92 Å². The van der Waals surface area contributed by atoms with Gasteiger partial charge in [-0.25, -0.2) is 0 Å². The van der Waals surface area contributed by atoms with Crippen molar-refractivity contribution in [2.75, 3.05) is 11.9 Å². The highest BCUT2D eigenvalue weighted by Gasteiger charge is 2.16. The Morgan fingerprint density at radius 3 is 2.53 bits per heavy atom. The lowest BCUT2D eigenvalue weighted by Crippen LogP contribution is -2.01. The van der Waals surface area contributed by atoms with Crippen LogP contribution in [0.5, 0.6) is 0 Å². The van der Waals surface area contributed by atoms with Crippen LogP contribution in [0.25, 0.3) is 0 Å². The Bertz CT molecular complexity index is 587. The third-order valence-corrected chi connectivity index (χ3v) is 3.28. The molecule has 0 aromatic heterocycles. The highest BCUT2D eigenvalue weighted by atomic mass is 35.5. The van der Waals surface area contributed by atoms with Gasteiger partial charge in [0.25, 0.3) is 0 Å². The second kappa shape index (κ2) is 6.26. The molecule has 0 bridgehead atoms. The standard InChI is InChI=1S/C16H15ClN2/c1-2-19-13-8-9-14(16(17)10-13)15(11-18)12-6-4-3-5-7-12/h3-10,15,19H,2H2,1H3. The van der Waals surface area contributed by atoms with E-state index in [0.29, 0.717) is 5.02 Å². The Balaban J connectivity index is 2.37. The number of anilines is 1. The number of benzene rings is 2. The summed E-state index contributed by atoms with van der Waals surface area (Å²) < 4.78 is 0. The van der Waals surface area contributed by atoms with Crippen LogP contribution >= 0.6 is 11.6 Å². The first-order valence-electron chi connectivity index (χ1n) is 6.24. The van der Waals surface area contributed by atoms with E-state index in [1.165, 1.54) is 0 Å². The summed E-state index contributed by atoms with van der Waals surface area (Å²) in [7, 11) is 0. The summed E-state index contributed by atoms with van der Waals surface area (Å²) in [6, 6.07) is 17.8. The molecule has 0 aliphatic rings. The average Bonchev–Trinajstić information content (AvgIpc) is 2.43. The smallest absolute Gasteiger partial charge is 0.0977 e. The quantitative estimate of drug-likeness (QED) is 0.892. The number of nitriles is 1. The van der Waals surface area contributed by atoms with E-state index < -0.39 is 0 Å². The van der Waals surface area contributed by atoms with Crippen molar-refractivity contribution >= 4 is 17.3 Å². The van der Waals surface area contributed by atoms with Crippen molar-refractivity contribution in [2.45, 2.75) is 12.8 Å². The fourth-order valence-corrected chi connectivity index (χ4v) is 2.33. The third kappa shape index (κ3) is 3.07. The van der Waals surface area contributed by atoms with Crippen molar-refractivity contribution in [3.63, 3.8) is 0 Å². The monoisotopic (exact) mass is 270 g/mol. The average molecular weight is 271 g/mol. The molecule has 0 fully saturated rings. The predicted molar refractivity (Wildman–Crippen MR) is 79.5 cm³/mol. The summed E-state index contributed by atoms with van der Waals surface area (Å²) in [4.78, 5) is 0. The molecular formula is C16H15ClN2. The zero-order valence-electron chi connectivity index (χ0n) is 10.7. The van der Waals surface area contributed by atoms with Gasteiger partial charge < -0.3 is 5.32 Å². The van der Waals surface area contributed by atoms with Crippen molar-refractivity contribution in [1.82, 2.24) is 0 Å². The molecule has 3 heteroatoms. The van der Waals surface area contributed by atoms with Crippen LogP contribution in [0.3, 0.4) is 0 Å². The molecule has 0 saturated carbocycles. The number of nitrogens with zero attached hydrogens (tertiary/aromatic N) is 1. The number of halogens is 1. The highest BCUT2D eigenvalue weighted by molar-refractivity contribution is 6.31. The van der Waals surface area contributed by atoms with Gasteiger partial charge in [0.1, 0.15) is 0 Å². The van der Waals surface area contributed by atoms with E-state index in [9.17, 15) is 5.26 Å². The summed E-state index contributed by atoms with van der Waals surface area (Å²) in [6.07, 6.45) is 0. The van der Waals surface area contributed by atoms with Gasteiger partial charge >= 0.3 is 0 Å². The molecule has 0 amide bonds. The number of rotatable bonds is 4. The van der Waals surface area contributed by atoms with Crippen molar-refractivity contribution in [2.24, 2.45) is 0 Å². The molecule has 1 atom stereocenters. The summed E-state index contributed by atoms with van der Waals surface area (Å²) >= 11 is 6.30. The summed E-state index contributed by atoms with van der Waals surface area (Å²) in [5.41, 5.74) is 2.78. The number of hydrogen-bond donors (Lipinski definition) is 1. The maximum atomic E-state index is 9.41. The van der Waals surface area contributed by atoms with Crippen LogP contribution in [-0.4, -0.2) is 6.54 Å². The molecule has 2 aromatic rings. The van der Waals surface area contributed by atoms with Gasteiger partial charge in [0, 0.05) is 17.3 Å². The first-order chi connectivity index (χ1) is 9.26. The van der Waals surface area contributed by atoms with E-state index in [2.05, 4.69) is 11.4 Å². The maximum absolute atomic E-state index is 9.41. The van der Waals surface area contributed by atoms with E-state index in [4.69, 9.17) is 11.6 Å². The first kappa shape index (κ1) is 13.5. The molecule has 2 nitrogen and oxygen atoms in total. The lowest BCUT2D eigenvalue weighted by atomic mass is 9.92. The summed E-state index contributed by atoms with van der Waals surface area (Å²) in [5.74, 6) is -0.329. The fraction of sp³-hybridized carbons (Fsp3) is 0.188. The molecule has 1 N–H and O–H groups in total. The zero-order chi connectivity index (χ0) is 13.7. The Labute approximate surface area is 118 Å². The molecule has 0 spiro atoms. The minimum absolute atomic E-state index is 0.329. The largest absolute Gasteiger partial charge is 0.385 e. The van der Waals surface area contributed by atoms with Crippen LogP contribution in [0.15, 0.2) is 48.5 Å². The molecule has 1 unspecified atom stereocenters. The second-order valence-electron chi connectivity index (χ2n) is 4.24. The van der Waals surface area contributed by atoms with Crippen molar-refractivity contribution in [1.29, 1.82) is 5.26 Å². The van der Waals surface area contributed by atoms with Gasteiger partial charge in [0.2, 0.25) is 0 Å². The molecule has 0 aliphatic carbocycles. The van der Waals surface area contributed by atoms with E-state index in [1.54, 1.807) is 0 Å². The maximum Gasteiger partial charge on any atom is 0.0977 e. The fourth-order valence-electron chi connectivity index (χ4n) is 2.04. The molecule has 2 rings (SSSR count). The van der Waals surface area contributed by atoms with Crippen LogP contribution in [0.4, 0.5) is 5.69 Å². The van der Waals surface area contributed by atoms with Gasteiger partial charge in [0.15, 0.2) is 0 Å². The molecule has 96 valence electrons. The minimum Gasteiger partial charge on any atom is -0.385 e. The van der Waals surface area contributed by atoms with Gasteiger partial charge in [-0.05, 0) is 30.2 Å². The molecule has 19 heavy (non-hydrogen) atoms. The Morgan fingerprint density at radius 1 is 1.21 bits per heavy atom. The summed E-state index contributed by atoms with van der Waals surface area (Å²) in [6.45, 7) is 2.87. The number of hydrogen-bond acceptors (Lipinski definition) is 2. The molecule has 0 heterocycles. The van der Waals surface area contributed by atoms with E-state index in [0.717, 1.165) is 23.4 Å². The van der Waals surface area contributed by atoms with Crippen molar-refractivity contribution in [3.05, 3.63) is 64.7 Å². The van der Waals surface area contributed by atoms with Crippen LogP contribution in [0, 0.1) is 11.3 Å². The van der Waals surface area contributed by atoms with Gasteiger partial charge in [-0.2, -0.15) is 5.26 Å². The van der Waals surface area contributed by atoms with Crippen LogP contribution in [0.2, 0.25) is 5.02 Å². The zero-order valence-corrected chi connectivity index (χ0v) is 11.5. The molecule has 0 radical (unpaired) electrons. The normalized spacial score (nSPS) is 11.6. The predicted octanol–water partition coefficient (Wildman–Crippen LogP) is 4.43. The molecule has 2 aromatic carbocycles. The minimum atomic E-state index is -0.329. The first-order valence-corrected chi connectivity index (χ1v) is 6.62. The summed E-state index contributed by atoms with van der Waals surface area (Å²) in [5, 5.41) is 13.2. The third-order valence-electron chi connectivity index (χ3n) is 2.95. The van der Waals surface area contributed by atoms with Gasteiger partial charge in [-0.15, -0.1) is 0 Å². The van der Waals surface area contributed by atoms with Crippen LogP contribution < -0.4 is 5.32 Å². The Hall–Kier alpha value is -1.98. The lowest BCUT2D eigenvalue weighted by Gasteiger charge is -2.13. The van der Waals surface area contributed by atoms with E-state index >= 15 is 0 Å². The topological polar surface area (TPSA) is 35.8 Å². The number of nitrogens with one attached hydrogen (secondary N) is 1. The Morgan fingerprint density at radius 2 is 1.95 bits per heavy atom. The van der Waals surface area contributed by atoms with E-state index in [1.807, 2.05) is 55.5 Å². The van der Waals surface area contributed by atoms with Gasteiger partial charge in [-0.1, -0.05) is 48.0 Å². The van der Waals surface area contributed by atoms with Crippen molar-refractivity contribution < 1.29 is 0 Å². The second-order valence-corrected chi connectivity index (χ2v) is 4.65. The van der Waals surface area contributed by atoms with Crippen LogP contribution in [-0.2, 0) is 0 Å². The van der Waals surface area contributed by atoms with Crippen LogP contribution in [0.1, 0.15) is 24.0 Å². The highest BCUT2D eigenvalue weighted by Crippen LogP contribution is 2.31. The van der Waals surface area contributed by atoms with Gasteiger partial charge in [0.05, 0.1) is 12.0 Å². The van der Waals surface area contributed by atoms with Crippen molar-refractivity contribution in [3.8, 4) is 6.07 Å². The lowest BCUT2D eigenvalue weighted by molar-refractivity contribution is 1.04. The SMILES string of the molecule is CCNc1ccc(C(C#N)c2ccccc2)c(Cl)c1. The molecule has 0 aliphatic heterocycles. The molecule has 0 saturated heterocycles.